The number of para-hydroxylation sites is 1. The smallest absolute Gasteiger partial charge is 0.258 e. The first kappa shape index (κ1) is 18.8. The monoisotopic (exact) mass is 342 g/mol. The van der Waals surface area contributed by atoms with Crippen LogP contribution in [0.25, 0.3) is 0 Å². The Labute approximate surface area is 149 Å². The Hall–Kier alpha value is -2.56. The van der Waals surface area contributed by atoms with Gasteiger partial charge < -0.3 is 14.8 Å². The van der Waals surface area contributed by atoms with Gasteiger partial charge in [-0.1, -0.05) is 39.0 Å². The Morgan fingerprint density at radius 1 is 1.20 bits per heavy atom. The van der Waals surface area contributed by atoms with Gasteiger partial charge in [-0.05, 0) is 36.1 Å². The molecule has 5 heteroatoms. The van der Waals surface area contributed by atoms with E-state index < -0.39 is 0 Å². The van der Waals surface area contributed by atoms with Crippen LogP contribution >= 0.6 is 0 Å². The Balaban J connectivity index is 1.94. The zero-order valence-corrected chi connectivity index (χ0v) is 15.5. The third-order valence-electron chi connectivity index (χ3n) is 3.87. The van der Waals surface area contributed by atoms with E-state index in [9.17, 15) is 4.79 Å². The first-order valence-corrected chi connectivity index (χ1v) is 8.33. The number of hydrogen-bond acceptors (Lipinski definition) is 4. The largest absolute Gasteiger partial charge is 0.495 e. The number of nitrogens with zero attached hydrogens (tertiary/aromatic N) is 1. The molecule has 1 amide bonds. The number of aromatic nitrogens is 1. The number of amides is 1. The normalized spacial score (nSPS) is 12.4. The Morgan fingerprint density at radius 3 is 2.52 bits per heavy atom. The summed E-state index contributed by atoms with van der Waals surface area (Å²) in [6.07, 6.45) is 1.63. The molecule has 1 atom stereocenters. The summed E-state index contributed by atoms with van der Waals surface area (Å²) < 4.78 is 10.8. The highest BCUT2D eigenvalue weighted by Gasteiger charge is 2.19. The Morgan fingerprint density at radius 2 is 1.92 bits per heavy atom. The van der Waals surface area contributed by atoms with Gasteiger partial charge in [-0.3, -0.25) is 9.78 Å². The standard InChI is InChI=1S/C20H26N2O3/c1-14(17-11-10-15(24-5)12-21-17)22-19(23)13-25-18-9-7-6-8-16(18)20(2,3)4/h6-12,14H,13H2,1-5H3,(H,22,23). The van der Waals surface area contributed by atoms with Crippen LogP contribution in [-0.2, 0) is 10.2 Å². The highest BCUT2D eigenvalue weighted by atomic mass is 16.5. The zero-order chi connectivity index (χ0) is 18.4. The molecule has 5 nitrogen and oxygen atoms in total. The Bertz CT molecular complexity index is 706. The lowest BCUT2D eigenvalue weighted by molar-refractivity contribution is -0.123. The molecule has 0 spiro atoms. The lowest BCUT2D eigenvalue weighted by atomic mass is 9.86. The van der Waals surface area contributed by atoms with Crippen molar-refractivity contribution in [3.05, 3.63) is 53.9 Å². The van der Waals surface area contributed by atoms with E-state index in [0.29, 0.717) is 5.75 Å². The fourth-order valence-electron chi connectivity index (χ4n) is 2.48. The highest BCUT2D eigenvalue weighted by molar-refractivity contribution is 5.78. The van der Waals surface area contributed by atoms with Gasteiger partial charge in [0.05, 0.1) is 25.0 Å². The maximum Gasteiger partial charge on any atom is 0.258 e. The number of ether oxygens (including phenoxy) is 2. The van der Waals surface area contributed by atoms with Crippen LogP contribution in [0, 0.1) is 0 Å². The van der Waals surface area contributed by atoms with Crippen LogP contribution in [0.1, 0.15) is 45.0 Å². The summed E-state index contributed by atoms with van der Waals surface area (Å²) in [5.41, 5.74) is 1.80. The van der Waals surface area contributed by atoms with E-state index in [4.69, 9.17) is 9.47 Å². The number of methoxy groups -OCH3 is 1. The van der Waals surface area contributed by atoms with E-state index in [1.807, 2.05) is 43.3 Å². The minimum atomic E-state index is -0.208. The molecule has 1 aromatic heterocycles. The summed E-state index contributed by atoms with van der Waals surface area (Å²) in [5, 5.41) is 2.89. The van der Waals surface area contributed by atoms with Crippen molar-refractivity contribution in [1.29, 1.82) is 0 Å². The molecule has 0 fully saturated rings. The fraction of sp³-hybridized carbons (Fsp3) is 0.400. The third-order valence-corrected chi connectivity index (χ3v) is 3.87. The first-order valence-electron chi connectivity index (χ1n) is 8.33. The van der Waals surface area contributed by atoms with Gasteiger partial charge in [0.1, 0.15) is 11.5 Å². The van der Waals surface area contributed by atoms with Crippen LogP contribution in [0.5, 0.6) is 11.5 Å². The average Bonchev–Trinajstić information content (AvgIpc) is 2.59. The van der Waals surface area contributed by atoms with E-state index in [1.165, 1.54) is 0 Å². The summed E-state index contributed by atoms with van der Waals surface area (Å²) in [5.74, 6) is 1.23. The first-order chi connectivity index (χ1) is 11.8. The summed E-state index contributed by atoms with van der Waals surface area (Å²) in [6.45, 7) is 8.20. The molecular weight excluding hydrogens is 316 g/mol. The molecule has 0 saturated heterocycles. The molecule has 0 saturated carbocycles. The molecule has 1 unspecified atom stereocenters. The van der Waals surface area contributed by atoms with Crippen LogP contribution in [0.2, 0.25) is 0 Å². The van der Waals surface area contributed by atoms with Crippen LogP contribution < -0.4 is 14.8 Å². The van der Waals surface area contributed by atoms with Crippen molar-refractivity contribution in [3.8, 4) is 11.5 Å². The summed E-state index contributed by atoms with van der Waals surface area (Å²) in [6, 6.07) is 11.2. The molecular formula is C20H26N2O3. The van der Waals surface area contributed by atoms with E-state index in [2.05, 4.69) is 31.1 Å². The molecule has 0 bridgehead atoms. The molecule has 1 heterocycles. The van der Waals surface area contributed by atoms with Crippen LogP contribution in [0.3, 0.4) is 0 Å². The fourth-order valence-corrected chi connectivity index (χ4v) is 2.48. The molecule has 0 aliphatic carbocycles. The number of rotatable bonds is 6. The van der Waals surface area contributed by atoms with Crippen molar-refractivity contribution in [2.75, 3.05) is 13.7 Å². The molecule has 2 aromatic rings. The van der Waals surface area contributed by atoms with Crippen molar-refractivity contribution in [1.82, 2.24) is 10.3 Å². The number of nitrogens with one attached hydrogen (secondary N) is 1. The second-order valence-electron chi connectivity index (χ2n) is 6.95. The molecule has 0 aliphatic heterocycles. The molecule has 134 valence electrons. The van der Waals surface area contributed by atoms with Crippen molar-refractivity contribution >= 4 is 5.91 Å². The second kappa shape index (κ2) is 8.01. The van der Waals surface area contributed by atoms with Gasteiger partial charge in [0.2, 0.25) is 0 Å². The highest BCUT2D eigenvalue weighted by Crippen LogP contribution is 2.30. The number of carbonyl (C=O) groups excluding carboxylic acids is 1. The molecule has 0 aliphatic rings. The van der Waals surface area contributed by atoms with Crippen molar-refractivity contribution in [3.63, 3.8) is 0 Å². The van der Waals surface area contributed by atoms with Crippen molar-refractivity contribution in [2.45, 2.75) is 39.2 Å². The van der Waals surface area contributed by atoms with E-state index >= 15 is 0 Å². The predicted molar refractivity (Wildman–Crippen MR) is 98.0 cm³/mol. The molecule has 0 radical (unpaired) electrons. The van der Waals surface area contributed by atoms with Gasteiger partial charge in [-0.15, -0.1) is 0 Å². The van der Waals surface area contributed by atoms with E-state index in [1.54, 1.807) is 13.3 Å². The summed E-state index contributed by atoms with van der Waals surface area (Å²) >= 11 is 0. The van der Waals surface area contributed by atoms with E-state index in [0.717, 1.165) is 17.0 Å². The number of carbonyl (C=O) groups is 1. The van der Waals surface area contributed by atoms with Gasteiger partial charge >= 0.3 is 0 Å². The maximum atomic E-state index is 12.2. The van der Waals surface area contributed by atoms with Gasteiger partial charge in [-0.25, -0.2) is 0 Å². The van der Waals surface area contributed by atoms with Crippen LogP contribution in [-0.4, -0.2) is 24.6 Å². The van der Waals surface area contributed by atoms with Gasteiger partial charge in [0, 0.05) is 0 Å². The summed E-state index contributed by atoms with van der Waals surface area (Å²) in [7, 11) is 1.59. The van der Waals surface area contributed by atoms with E-state index in [-0.39, 0.29) is 24.0 Å². The lowest BCUT2D eigenvalue weighted by Gasteiger charge is -2.22. The average molecular weight is 342 g/mol. The number of pyridine rings is 1. The molecule has 2 rings (SSSR count). The van der Waals surface area contributed by atoms with Gasteiger partial charge in [-0.2, -0.15) is 0 Å². The lowest BCUT2D eigenvalue weighted by Crippen LogP contribution is -2.32. The third kappa shape index (κ3) is 5.21. The number of benzene rings is 1. The Kier molecular flexibility index (Phi) is 6.02. The maximum absolute atomic E-state index is 12.2. The van der Waals surface area contributed by atoms with Crippen LogP contribution in [0.4, 0.5) is 0 Å². The van der Waals surface area contributed by atoms with Crippen molar-refractivity contribution < 1.29 is 14.3 Å². The minimum Gasteiger partial charge on any atom is -0.495 e. The zero-order valence-electron chi connectivity index (χ0n) is 15.5. The molecule has 25 heavy (non-hydrogen) atoms. The van der Waals surface area contributed by atoms with Crippen molar-refractivity contribution in [2.24, 2.45) is 0 Å². The second-order valence-corrected chi connectivity index (χ2v) is 6.95. The molecule has 1 N–H and O–H groups in total. The van der Waals surface area contributed by atoms with Gasteiger partial charge in [0.25, 0.3) is 5.91 Å². The summed E-state index contributed by atoms with van der Waals surface area (Å²) in [4.78, 5) is 16.5. The molecule has 1 aromatic carbocycles. The van der Waals surface area contributed by atoms with Gasteiger partial charge in [0.15, 0.2) is 6.61 Å². The SMILES string of the molecule is COc1ccc(C(C)NC(=O)COc2ccccc2C(C)(C)C)nc1. The predicted octanol–water partition coefficient (Wildman–Crippen LogP) is 3.64. The quantitative estimate of drug-likeness (QED) is 0.870. The van der Waals surface area contributed by atoms with Crippen LogP contribution in [0.15, 0.2) is 42.6 Å². The topological polar surface area (TPSA) is 60.5 Å². The minimum absolute atomic E-state index is 0.0341. The number of hydrogen-bond donors (Lipinski definition) is 1.